The Kier molecular flexibility index (Phi) is 7.39. The highest BCUT2D eigenvalue weighted by atomic mass is 19.4. The molecule has 0 aliphatic heterocycles. The number of benzene rings is 2. The number of nitrogens with one attached hydrogen (secondary N) is 1. The summed E-state index contributed by atoms with van der Waals surface area (Å²) >= 11 is 0. The number of hydrogen-bond donors (Lipinski definition) is 3. The lowest BCUT2D eigenvalue weighted by atomic mass is 10.1. The first-order chi connectivity index (χ1) is 14.1. The second kappa shape index (κ2) is 9.76. The average molecular weight is 415 g/mol. The third-order valence-electron chi connectivity index (χ3n) is 4.08. The van der Waals surface area contributed by atoms with Crippen LogP contribution >= 0.6 is 0 Å². The molecule has 5 nitrogen and oxygen atoms in total. The first kappa shape index (κ1) is 22.7. The van der Waals surface area contributed by atoms with Gasteiger partial charge in [0.25, 0.3) is 5.91 Å². The van der Waals surface area contributed by atoms with Crippen LogP contribution < -0.4 is 16.8 Å². The number of nitrogens with two attached hydrogens (primary N) is 2. The molecule has 5 N–H and O–H groups in total. The van der Waals surface area contributed by atoms with E-state index in [2.05, 4.69) is 17.2 Å². The molecule has 0 fully saturated rings. The third-order valence-corrected chi connectivity index (χ3v) is 4.08. The fourth-order valence-corrected chi connectivity index (χ4v) is 2.44. The second-order valence-corrected chi connectivity index (χ2v) is 6.51. The smallest absolute Gasteiger partial charge is 0.368 e. The van der Waals surface area contributed by atoms with Gasteiger partial charge in [-0.25, -0.2) is 0 Å². The largest absolute Gasteiger partial charge is 0.416 e. The maximum absolute atomic E-state index is 12.5. The van der Waals surface area contributed by atoms with E-state index in [1.807, 2.05) is 0 Å². The van der Waals surface area contributed by atoms with Crippen molar-refractivity contribution in [2.45, 2.75) is 25.2 Å². The lowest BCUT2D eigenvalue weighted by Gasteiger charge is -2.18. The van der Waals surface area contributed by atoms with E-state index in [0.717, 1.165) is 17.7 Å². The van der Waals surface area contributed by atoms with E-state index in [9.17, 15) is 22.8 Å². The summed E-state index contributed by atoms with van der Waals surface area (Å²) < 4.78 is 37.6. The SMILES string of the molecule is C[C@@H](N)[C@H](NC(=O)c1ccc(/C=C/C#Cc2ccc(C(F)(F)F)cc2)cc1)C(N)=O. The number of carbonyl (C=O) groups is 2. The fourth-order valence-electron chi connectivity index (χ4n) is 2.44. The summed E-state index contributed by atoms with van der Waals surface area (Å²) in [7, 11) is 0. The maximum atomic E-state index is 12.5. The summed E-state index contributed by atoms with van der Waals surface area (Å²) in [5.41, 5.74) is 11.7. The maximum Gasteiger partial charge on any atom is 0.416 e. The molecule has 156 valence electrons. The monoisotopic (exact) mass is 415 g/mol. The normalized spacial score (nSPS) is 13.2. The molecule has 0 aliphatic carbocycles. The highest BCUT2D eigenvalue weighted by Crippen LogP contribution is 2.28. The molecule has 2 atom stereocenters. The van der Waals surface area contributed by atoms with Crippen LogP contribution in [-0.4, -0.2) is 23.9 Å². The summed E-state index contributed by atoms with van der Waals surface area (Å²) in [4.78, 5) is 23.5. The van der Waals surface area contributed by atoms with Crippen LogP contribution in [0.1, 0.15) is 34.0 Å². The molecule has 2 aromatic carbocycles. The van der Waals surface area contributed by atoms with Crippen molar-refractivity contribution in [3.63, 3.8) is 0 Å². The van der Waals surface area contributed by atoms with E-state index in [1.54, 1.807) is 43.3 Å². The standard InChI is InChI=1S/C22H20F3N3O2/c1-14(26)19(20(27)29)28-21(30)17-10-6-15(7-11-17)4-2-3-5-16-8-12-18(13-9-16)22(23,24)25/h2,4,6-14,19H,26H2,1H3,(H2,27,29)(H,28,30)/b4-2+/t14-,19+/m1/s1. The van der Waals surface area contributed by atoms with Crippen molar-refractivity contribution in [3.05, 3.63) is 76.9 Å². The minimum atomic E-state index is -4.38. The Hall–Kier alpha value is -3.57. The van der Waals surface area contributed by atoms with Crippen LogP contribution in [0, 0.1) is 11.8 Å². The zero-order valence-electron chi connectivity index (χ0n) is 16.0. The first-order valence-corrected chi connectivity index (χ1v) is 8.89. The predicted molar refractivity (Wildman–Crippen MR) is 108 cm³/mol. The van der Waals surface area contributed by atoms with E-state index in [1.165, 1.54) is 12.1 Å². The Bertz CT molecular complexity index is 984. The van der Waals surface area contributed by atoms with Crippen LogP contribution in [0.25, 0.3) is 6.08 Å². The molecule has 0 bridgehead atoms. The molecule has 2 amide bonds. The molecule has 0 saturated carbocycles. The number of allylic oxidation sites excluding steroid dienone is 1. The number of hydrogen-bond acceptors (Lipinski definition) is 3. The molecule has 8 heteroatoms. The summed E-state index contributed by atoms with van der Waals surface area (Å²) in [6, 6.07) is 9.45. The molecule has 0 unspecified atom stereocenters. The van der Waals surface area contributed by atoms with Gasteiger partial charge >= 0.3 is 6.18 Å². The van der Waals surface area contributed by atoms with Crippen molar-refractivity contribution < 1.29 is 22.8 Å². The number of amides is 2. The molecular formula is C22H20F3N3O2. The molecule has 0 heterocycles. The Morgan fingerprint density at radius 2 is 1.67 bits per heavy atom. The summed E-state index contributed by atoms with van der Waals surface area (Å²) in [6.45, 7) is 1.56. The molecule has 0 saturated heterocycles. The van der Waals surface area contributed by atoms with Gasteiger partial charge in [-0.3, -0.25) is 9.59 Å². The lowest BCUT2D eigenvalue weighted by molar-refractivity contribution is -0.137. The van der Waals surface area contributed by atoms with Gasteiger partial charge in [-0.15, -0.1) is 0 Å². The Morgan fingerprint density at radius 1 is 1.07 bits per heavy atom. The number of alkyl halides is 3. The average Bonchev–Trinajstić information content (AvgIpc) is 2.69. The van der Waals surface area contributed by atoms with Gasteiger partial charge in [0.05, 0.1) is 5.56 Å². The fraction of sp³-hybridized carbons (Fsp3) is 0.182. The zero-order chi connectivity index (χ0) is 22.3. The van der Waals surface area contributed by atoms with Crippen molar-refractivity contribution in [2.24, 2.45) is 11.5 Å². The highest BCUT2D eigenvalue weighted by Gasteiger charge is 2.29. The van der Waals surface area contributed by atoms with E-state index in [-0.39, 0.29) is 0 Å². The molecule has 0 aromatic heterocycles. The number of primary amides is 1. The van der Waals surface area contributed by atoms with Crippen LogP contribution in [0.4, 0.5) is 13.2 Å². The number of rotatable bonds is 5. The van der Waals surface area contributed by atoms with E-state index < -0.39 is 35.6 Å². The topological polar surface area (TPSA) is 98.2 Å². The van der Waals surface area contributed by atoms with Crippen LogP contribution in [0.15, 0.2) is 54.6 Å². The van der Waals surface area contributed by atoms with Gasteiger partial charge < -0.3 is 16.8 Å². The van der Waals surface area contributed by atoms with Crippen molar-refractivity contribution in [1.82, 2.24) is 5.32 Å². The third kappa shape index (κ3) is 6.50. The molecule has 30 heavy (non-hydrogen) atoms. The highest BCUT2D eigenvalue weighted by molar-refractivity contribution is 5.97. The molecular weight excluding hydrogens is 395 g/mol. The Balaban J connectivity index is 1.99. The van der Waals surface area contributed by atoms with Gasteiger partial charge in [0.15, 0.2) is 0 Å². The zero-order valence-corrected chi connectivity index (χ0v) is 16.0. The molecule has 0 aliphatic rings. The first-order valence-electron chi connectivity index (χ1n) is 8.89. The minimum Gasteiger partial charge on any atom is -0.368 e. The van der Waals surface area contributed by atoms with Crippen LogP contribution in [0.5, 0.6) is 0 Å². The van der Waals surface area contributed by atoms with Gasteiger partial charge in [-0.05, 0) is 61.0 Å². The number of carbonyl (C=O) groups excluding carboxylic acids is 2. The van der Waals surface area contributed by atoms with Crippen LogP contribution in [-0.2, 0) is 11.0 Å². The summed E-state index contributed by atoms with van der Waals surface area (Å²) in [5, 5.41) is 2.49. The second-order valence-electron chi connectivity index (χ2n) is 6.51. The van der Waals surface area contributed by atoms with Crippen molar-refractivity contribution in [3.8, 4) is 11.8 Å². The Labute approximate surface area is 171 Å². The molecule has 0 radical (unpaired) electrons. The number of halogens is 3. The molecule has 2 rings (SSSR count). The van der Waals surface area contributed by atoms with Gasteiger partial charge in [-0.1, -0.05) is 24.0 Å². The summed E-state index contributed by atoms with van der Waals surface area (Å²) in [5.74, 6) is 4.29. The van der Waals surface area contributed by atoms with Crippen molar-refractivity contribution >= 4 is 17.9 Å². The molecule has 0 spiro atoms. The minimum absolute atomic E-state index is 0.329. The van der Waals surface area contributed by atoms with E-state index in [0.29, 0.717) is 11.1 Å². The van der Waals surface area contributed by atoms with Crippen molar-refractivity contribution in [1.29, 1.82) is 0 Å². The van der Waals surface area contributed by atoms with Gasteiger partial charge in [0, 0.05) is 17.2 Å². The van der Waals surface area contributed by atoms with Crippen molar-refractivity contribution in [2.75, 3.05) is 0 Å². The quantitative estimate of drug-likeness (QED) is 0.655. The van der Waals surface area contributed by atoms with Gasteiger partial charge in [-0.2, -0.15) is 13.2 Å². The Morgan fingerprint density at radius 3 is 2.17 bits per heavy atom. The van der Waals surface area contributed by atoms with Crippen LogP contribution in [0.3, 0.4) is 0 Å². The summed E-state index contributed by atoms with van der Waals surface area (Å²) in [6.07, 6.45) is -1.14. The molecule has 2 aromatic rings. The lowest BCUT2D eigenvalue weighted by Crippen LogP contribution is -2.53. The van der Waals surface area contributed by atoms with Gasteiger partial charge in [0.1, 0.15) is 6.04 Å². The van der Waals surface area contributed by atoms with Gasteiger partial charge in [0.2, 0.25) is 5.91 Å². The predicted octanol–water partition coefficient (Wildman–Crippen LogP) is 2.70. The van der Waals surface area contributed by atoms with Crippen LogP contribution in [0.2, 0.25) is 0 Å². The van der Waals surface area contributed by atoms with E-state index >= 15 is 0 Å². The van der Waals surface area contributed by atoms with E-state index in [4.69, 9.17) is 11.5 Å².